The predicted octanol–water partition coefficient (Wildman–Crippen LogP) is 4.71. The Labute approximate surface area is 188 Å². The molecular weight excluding hydrogens is 414 g/mol. The number of carbonyl (C=O) groups is 3. The summed E-state index contributed by atoms with van der Waals surface area (Å²) in [5.41, 5.74) is 2.06. The molecule has 0 fully saturated rings. The van der Waals surface area contributed by atoms with E-state index in [0.717, 1.165) is 12.0 Å². The summed E-state index contributed by atoms with van der Waals surface area (Å²) in [6.45, 7) is 7.58. The van der Waals surface area contributed by atoms with Crippen molar-refractivity contribution in [3.63, 3.8) is 0 Å². The minimum atomic E-state index is -0.668. The second-order valence-electron chi connectivity index (χ2n) is 7.60. The van der Waals surface area contributed by atoms with E-state index in [1.807, 2.05) is 32.9 Å². The fourth-order valence-electron chi connectivity index (χ4n) is 3.02. The van der Waals surface area contributed by atoms with Gasteiger partial charge in [0.25, 0.3) is 5.91 Å². The molecule has 3 amide bonds. The molecule has 0 aromatic heterocycles. The van der Waals surface area contributed by atoms with Gasteiger partial charge in [0, 0.05) is 22.7 Å². The molecule has 3 unspecified atom stereocenters. The average Bonchev–Trinajstić information content (AvgIpc) is 2.77. The van der Waals surface area contributed by atoms with Gasteiger partial charge >= 0.3 is 0 Å². The molecule has 2 aromatic carbocycles. The van der Waals surface area contributed by atoms with Crippen LogP contribution in [0.4, 0.5) is 5.69 Å². The first kappa shape index (κ1) is 24.4. The van der Waals surface area contributed by atoms with Crippen LogP contribution in [0.25, 0.3) is 0 Å². The lowest BCUT2D eigenvalue weighted by molar-refractivity contribution is -0.124. The van der Waals surface area contributed by atoms with Crippen LogP contribution >= 0.6 is 11.6 Å². The van der Waals surface area contributed by atoms with Crippen LogP contribution in [0.5, 0.6) is 0 Å². The molecule has 3 atom stereocenters. The summed E-state index contributed by atoms with van der Waals surface area (Å²) >= 11 is 5.89. The van der Waals surface area contributed by atoms with Gasteiger partial charge in [0.1, 0.15) is 6.04 Å². The van der Waals surface area contributed by atoms with Crippen molar-refractivity contribution in [3.05, 3.63) is 64.7 Å². The number of anilines is 1. The number of carbonyl (C=O) groups excluding carboxylic acids is 3. The molecule has 0 radical (unpaired) electrons. The van der Waals surface area contributed by atoms with Gasteiger partial charge in [-0.3, -0.25) is 14.4 Å². The van der Waals surface area contributed by atoms with E-state index < -0.39 is 6.04 Å². The van der Waals surface area contributed by atoms with Gasteiger partial charge in [0.2, 0.25) is 11.8 Å². The second kappa shape index (κ2) is 11.5. The largest absolute Gasteiger partial charge is 0.348 e. The van der Waals surface area contributed by atoms with Crippen molar-refractivity contribution >= 4 is 35.0 Å². The Hall–Kier alpha value is -2.86. The number of hydrogen-bond acceptors (Lipinski definition) is 3. The minimum absolute atomic E-state index is 0.0462. The molecule has 0 saturated carbocycles. The number of amides is 3. The van der Waals surface area contributed by atoms with E-state index in [2.05, 4.69) is 16.0 Å². The van der Waals surface area contributed by atoms with Crippen LogP contribution in [-0.2, 0) is 9.59 Å². The van der Waals surface area contributed by atoms with Gasteiger partial charge in [-0.2, -0.15) is 0 Å². The van der Waals surface area contributed by atoms with E-state index in [-0.39, 0.29) is 29.7 Å². The number of halogens is 1. The van der Waals surface area contributed by atoms with E-state index in [9.17, 15) is 14.4 Å². The lowest BCUT2D eigenvalue weighted by atomic mass is 9.97. The zero-order valence-corrected chi connectivity index (χ0v) is 19.1. The summed E-state index contributed by atoms with van der Waals surface area (Å²) in [4.78, 5) is 37.1. The van der Waals surface area contributed by atoms with Crippen LogP contribution in [0.15, 0.2) is 48.5 Å². The van der Waals surface area contributed by atoms with Crippen molar-refractivity contribution in [2.24, 2.45) is 5.92 Å². The fraction of sp³-hybridized carbons (Fsp3) is 0.375. The van der Waals surface area contributed by atoms with Crippen LogP contribution in [-0.4, -0.2) is 23.8 Å². The van der Waals surface area contributed by atoms with Crippen LogP contribution in [0.3, 0.4) is 0 Å². The minimum Gasteiger partial charge on any atom is -0.348 e. The normalized spacial score (nSPS) is 13.6. The number of rotatable bonds is 9. The first-order valence-electron chi connectivity index (χ1n) is 10.5. The van der Waals surface area contributed by atoms with Crippen LogP contribution in [0, 0.1) is 5.92 Å². The Balaban J connectivity index is 2.06. The summed E-state index contributed by atoms with van der Waals surface area (Å²) in [6, 6.07) is 12.9. The zero-order chi connectivity index (χ0) is 23.0. The molecule has 0 bridgehead atoms. The second-order valence-corrected chi connectivity index (χ2v) is 8.03. The van der Waals surface area contributed by atoms with Gasteiger partial charge in [-0.25, -0.2) is 0 Å². The topological polar surface area (TPSA) is 87.3 Å². The van der Waals surface area contributed by atoms with E-state index in [1.165, 1.54) is 0 Å². The molecule has 3 N–H and O–H groups in total. The molecule has 0 aliphatic heterocycles. The van der Waals surface area contributed by atoms with E-state index in [4.69, 9.17) is 11.6 Å². The average molecular weight is 444 g/mol. The SMILES string of the molecule is CCC(=O)Nc1ccc(C(C)NC(=O)C(NC(=O)c2ccc(Cl)cc2)C(C)CC)cc1. The van der Waals surface area contributed by atoms with Gasteiger partial charge in [0.15, 0.2) is 0 Å². The summed E-state index contributed by atoms with van der Waals surface area (Å²) in [7, 11) is 0. The number of nitrogens with one attached hydrogen (secondary N) is 3. The Kier molecular flexibility index (Phi) is 9.06. The molecule has 2 rings (SSSR count). The van der Waals surface area contributed by atoms with Crippen molar-refractivity contribution in [1.82, 2.24) is 10.6 Å². The highest BCUT2D eigenvalue weighted by molar-refractivity contribution is 6.30. The Morgan fingerprint density at radius 3 is 2.06 bits per heavy atom. The lowest BCUT2D eigenvalue weighted by Gasteiger charge is -2.26. The van der Waals surface area contributed by atoms with Gasteiger partial charge < -0.3 is 16.0 Å². The third kappa shape index (κ3) is 7.10. The molecule has 7 heteroatoms. The lowest BCUT2D eigenvalue weighted by Crippen LogP contribution is -2.50. The molecule has 0 spiro atoms. The van der Waals surface area contributed by atoms with Crippen LogP contribution < -0.4 is 16.0 Å². The maximum Gasteiger partial charge on any atom is 0.251 e. The highest BCUT2D eigenvalue weighted by Gasteiger charge is 2.27. The number of hydrogen-bond donors (Lipinski definition) is 3. The van der Waals surface area contributed by atoms with Gasteiger partial charge in [0.05, 0.1) is 6.04 Å². The Morgan fingerprint density at radius 1 is 0.903 bits per heavy atom. The third-order valence-corrected chi connectivity index (χ3v) is 5.51. The molecular formula is C24H30ClN3O3. The predicted molar refractivity (Wildman–Crippen MR) is 124 cm³/mol. The molecule has 6 nitrogen and oxygen atoms in total. The van der Waals surface area contributed by atoms with E-state index >= 15 is 0 Å². The molecule has 0 aliphatic carbocycles. The van der Waals surface area contributed by atoms with Crippen molar-refractivity contribution in [3.8, 4) is 0 Å². The maximum atomic E-state index is 13.0. The summed E-state index contributed by atoms with van der Waals surface area (Å²) in [5.74, 6) is -0.662. The summed E-state index contributed by atoms with van der Waals surface area (Å²) in [5, 5.41) is 9.18. The summed E-state index contributed by atoms with van der Waals surface area (Å²) < 4.78 is 0. The molecule has 31 heavy (non-hydrogen) atoms. The highest BCUT2D eigenvalue weighted by atomic mass is 35.5. The maximum absolute atomic E-state index is 13.0. The van der Waals surface area contributed by atoms with Crippen LogP contribution in [0.2, 0.25) is 5.02 Å². The smallest absolute Gasteiger partial charge is 0.251 e. The quantitative estimate of drug-likeness (QED) is 0.524. The molecule has 2 aromatic rings. The van der Waals surface area contributed by atoms with Gasteiger partial charge in [-0.1, -0.05) is 50.9 Å². The zero-order valence-electron chi connectivity index (χ0n) is 18.4. The van der Waals surface area contributed by atoms with E-state index in [0.29, 0.717) is 22.7 Å². The first-order valence-corrected chi connectivity index (χ1v) is 10.9. The standard InChI is InChI=1S/C24H30ClN3O3/c1-5-15(3)22(28-23(30)18-7-11-19(25)12-8-18)24(31)26-16(4)17-9-13-20(14-10-17)27-21(29)6-2/h7-16,22H,5-6H2,1-4H3,(H,26,31)(H,27,29)(H,28,30). The molecule has 166 valence electrons. The van der Waals surface area contributed by atoms with E-state index in [1.54, 1.807) is 43.3 Å². The summed E-state index contributed by atoms with van der Waals surface area (Å²) in [6.07, 6.45) is 1.14. The van der Waals surface area contributed by atoms with Crippen LogP contribution in [0.1, 0.15) is 62.5 Å². The van der Waals surface area contributed by atoms with Gasteiger partial charge in [-0.15, -0.1) is 0 Å². The van der Waals surface area contributed by atoms with Crippen molar-refractivity contribution in [1.29, 1.82) is 0 Å². The Bertz CT molecular complexity index is 897. The molecule has 0 saturated heterocycles. The Morgan fingerprint density at radius 2 is 1.52 bits per heavy atom. The van der Waals surface area contributed by atoms with Crippen molar-refractivity contribution in [2.75, 3.05) is 5.32 Å². The van der Waals surface area contributed by atoms with Gasteiger partial charge in [-0.05, 0) is 54.8 Å². The fourth-order valence-corrected chi connectivity index (χ4v) is 3.14. The monoisotopic (exact) mass is 443 g/mol. The van der Waals surface area contributed by atoms with Crippen molar-refractivity contribution < 1.29 is 14.4 Å². The first-order chi connectivity index (χ1) is 14.7. The molecule has 0 aliphatic rings. The highest BCUT2D eigenvalue weighted by Crippen LogP contribution is 2.18. The molecule has 0 heterocycles. The third-order valence-electron chi connectivity index (χ3n) is 5.26. The number of benzene rings is 2. The van der Waals surface area contributed by atoms with Crippen molar-refractivity contribution in [2.45, 2.75) is 52.6 Å².